The number of fused-ring (bicyclic) bond motifs is 2. The third-order valence-corrected chi connectivity index (χ3v) is 5.97. The van der Waals surface area contributed by atoms with Crippen LogP contribution in [-0.4, -0.2) is 34.6 Å². The summed E-state index contributed by atoms with van der Waals surface area (Å²) in [7, 11) is 0. The van der Waals surface area contributed by atoms with E-state index in [9.17, 15) is 14.4 Å². The normalized spacial score (nSPS) is 12.6. The number of carbonyl (C=O) groups is 2. The minimum atomic E-state index is -0.482. The third-order valence-electron chi connectivity index (χ3n) is 4.86. The monoisotopic (exact) mass is 428 g/mol. The summed E-state index contributed by atoms with van der Waals surface area (Å²) in [6, 6.07) is 4.79. The van der Waals surface area contributed by atoms with Gasteiger partial charge in [0.2, 0.25) is 5.91 Å². The van der Waals surface area contributed by atoms with Crippen molar-refractivity contribution >= 4 is 33.4 Å². The molecule has 0 spiro atoms. The van der Waals surface area contributed by atoms with E-state index in [1.807, 2.05) is 13.8 Å². The van der Waals surface area contributed by atoms with Crippen molar-refractivity contribution in [2.24, 2.45) is 0 Å². The van der Waals surface area contributed by atoms with Gasteiger partial charge in [-0.2, -0.15) is 0 Å². The molecule has 0 aliphatic carbocycles. The highest BCUT2D eigenvalue weighted by molar-refractivity contribution is 7.18. The van der Waals surface area contributed by atoms with Gasteiger partial charge in [0.1, 0.15) is 18.0 Å². The fourth-order valence-corrected chi connectivity index (χ4v) is 4.08. The third kappa shape index (κ3) is 3.86. The molecule has 10 heteroatoms. The number of rotatable bonds is 4. The summed E-state index contributed by atoms with van der Waals surface area (Å²) < 4.78 is 12.3. The molecule has 0 bridgehead atoms. The van der Waals surface area contributed by atoms with Crippen molar-refractivity contribution in [2.75, 3.05) is 13.2 Å². The number of amides is 2. The zero-order chi connectivity index (χ0) is 21.3. The number of nitrogens with zero attached hydrogens (tertiary/aromatic N) is 2. The molecule has 2 amide bonds. The Kier molecular flexibility index (Phi) is 5.40. The number of aryl methyl sites for hydroxylation is 3. The topological polar surface area (TPSA) is 112 Å². The maximum atomic E-state index is 12.6. The Bertz CT molecular complexity index is 1200. The molecule has 0 saturated carbocycles. The molecule has 9 nitrogen and oxygen atoms in total. The van der Waals surface area contributed by atoms with Gasteiger partial charge in [-0.25, -0.2) is 4.98 Å². The van der Waals surface area contributed by atoms with Crippen molar-refractivity contribution in [3.05, 3.63) is 50.9 Å². The summed E-state index contributed by atoms with van der Waals surface area (Å²) in [6.45, 7) is 4.87. The van der Waals surface area contributed by atoms with E-state index in [0.717, 1.165) is 10.4 Å². The van der Waals surface area contributed by atoms with Gasteiger partial charge in [0.05, 0.1) is 11.7 Å². The van der Waals surface area contributed by atoms with Crippen LogP contribution in [0.15, 0.2) is 29.3 Å². The van der Waals surface area contributed by atoms with E-state index in [1.165, 1.54) is 22.2 Å². The molecule has 0 atom stereocenters. The number of nitrogens with one attached hydrogen (secondary N) is 2. The van der Waals surface area contributed by atoms with E-state index in [1.54, 1.807) is 18.2 Å². The highest BCUT2D eigenvalue weighted by Gasteiger charge is 2.16. The Morgan fingerprint density at radius 1 is 1.17 bits per heavy atom. The van der Waals surface area contributed by atoms with Crippen LogP contribution in [0.4, 0.5) is 0 Å². The lowest BCUT2D eigenvalue weighted by atomic mass is 10.2. The molecule has 30 heavy (non-hydrogen) atoms. The second-order valence-corrected chi connectivity index (χ2v) is 8.02. The van der Waals surface area contributed by atoms with Crippen LogP contribution in [0, 0.1) is 13.8 Å². The molecule has 156 valence electrons. The van der Waals surface area contributed by atoms with Gasteiger partial charge in [0.25, 0.3) is 11.5 Å². The minimum absolute atomic E-state index is 0.0106. The molecular weight excluding hydrogens is 408 g/mol. The standard InChI is InChI=1S/C20H20N4O5S/c1-11-12(2)30-19-17(11)20(27)24(10-21-19)6-5-16(25)22-23-18(26)13-3-4-14-15(9-13)29-8-7-28-14/h3-4,9-10H,5-8H2,1-2H3,(H,22,25)(H,23,26). The SMILES string of the molecule is Cc1sc2ncn(CCC(=O)NNC(=O)c3ccc4c(c3)OCCO4)c(=O)c2c1C. The molecule has 3 aromatic rings. The zero-order valence-corrected chi connectivity index (χ0v) is 17.3. The molecule has 1 aliphatic rings. The summed E-state index contributed by atoms with van der Waals surface area (Å²) in [5.41, 5.74) is 5.79. The fourth-order valence-electron chi connectivity index (χ4n) is 3.10. The average molecular weight is 428 g/mol. The first kappa shape index (κ1) is 19.9. The molecular formula is C20H20N4O5S. The summed E-state index contributed by atoms with van der Waals surface area (Å²) in [5, 5.41) is 0.590. The molecule has 2 aromatic heterocycles. The molecule has 1 aromatic carbocycles. The molecule has 4 rings (SSSR count). The van der Waals surface area contributed by atoms with E-state index in [-0.39, 0.29) is 18.5 Å². The summed E-state index contributed by atoms with van der Waals surface area (Å²) in [4.78, 5) is 43.1. The first-order valence-corrected chi connectivity index (χ1v) is 10.2. The van der Waals surface area contributed by atoms with E-state index < -0.39 is 11.8 Å². The highest BCUT2D eigenvalue weighted by atomic mass is 32.1. The lowest BCUT2D eigenvalue weighted by molar-refractivity contribution is -0.122. The Morgan fingerprint density at radius 3 is 2.73 bits per heavy atom. The molecule has 0 radical (unpaired) electrons. The van der Waals surface area contributed by atoms with Gasteiger partial charge in [0.15, 0.2) is 11.5 Å². The highest BCUT2D eigenvalue weighted by Crippen LogP contribution is 2.30. The van der Waals surface area contributed by atoms with E-state index >= 15 is 0 Å². The molecule has 3 heterocycles. The number of ether oxygens (including phenoxy) is 2. The molecule has 0 unspecified atom stereocenters. The van der Waals surface area contributed by atoms with Crippen LogP contribution in [-0.2, 0) is 11.3 Å². The van der Waals surface area contributed by atoms with Crippen molar-refractivity contribution < 1.29 is 19.1 Å². The first-order valence-electron chi connectivity index (χ1n) is 9.38. The van der Waals surface area contributed by atoms with Gasteiger partial charge in [-0.05, 0) is 37.6 Å². The van der Waals surface area contributed by atoms with Crippen LogP contribution < -0.4 is 25.9 Å². The summed E-state index contributed by atoms with van der Waals surface area (Å²) in [6.07, 6.45) is 1.46. The van der Waals surface area contributed by atoms with E-state index in [0.29, 0.717) is 40.5 Å². The Hall–Kier alpha value is -3.40. The number of aromatic nitrogens is 2. The van der Waals surface area contributed by atoms with Crippen LogP contribution in [0.25, 0.3) is 10.2 Å². The minimum Gasteiger partial charge on any atom is -0.486 e. The number of hydrogen-bond acceptors (Lipinski definition) is 7. The number of thiophene rings is 1. The summed E-state index contributed by atoms with van der Waals surface area (Å²) >= 11 is 1.48. The number of carbonyl (C=O) groups excluding carboxylic acids is 2. The van der Waals surface area contributed by atoms with Gasteiger partial charge in [-0.1, -0.05) is 0 Å². The van der Waals surface area contributed by atoms with E-state index in [4.69, 9.17) is 9.47 Å². The zero-order valence-electron chi connectivity index (χ0n) is 16.5. The second kappa shape index (κ2) is 8.15. The average Bonchev–Trinajstić information content (AvgIpc) is 3.05. The lowest BCUT2D eigenvalue weighted by Gasteiger charge is -2.18. The Balaban J connectivity index is 1.35. The largest absolute Gasteiger partial charge is 0.486 e. The van der Waals surface area contributed by atoms with Crippen molar-refractivity contribution in [1.29, 1.82) is 0 Å². The van der Waals surface area contributed by atoms with Gasteiger partial charge in [-0.15, -0.1) is 11.3 Å². The number of hydrazine groups is 1. The maximum absolute atomic E-state index is 12.6. The van der Waals surface area contributed by atoms with Crippen molar-refractivity contribution in [1.82, 2.24) is 20.4 Å². The number of benzene rings is 1. The quantitative estimate of drug-likeness (QED) is 0.612. The fraction of sp³-hybridized carbons (Fsp3) is 0.300. The first-order chi connectivity index (χ1) is 14.4. The van der Waals surface area contributed by atoms with Gasteiger partial charge >= 0.3 is 0 Å². The van der Waals surface area contributed by atoms with Crippen molar-refractivity contribution in [3.8, 4) is 11.5 Å². The molecule has 0 saturated heterocycles. The molecule has 1 aliphatic heterocycles. The van der Waals surface area contributed by atoms with Crippen molar-refractivity contribution in [3.63, 3.8) is 0 Å². The Labute approximate surface area is 175 Å². The number of hydrogen-bond donors (Lipinski definition) is 2. The predicted molar refractivity (Wildman–Crippen MR) is 111 cm³/mol. The smallest absolute Gasteiger partial charge is 0.269 e. The van der Waals surface area contributed by atoms with Gasteiger partial charge in [-0.3, -0.25) is 29.8 Å². The van der Waals surface area contributed by atoms with Crippen molar-refractivity contribution in [2.45, 2.75) is 26.8 Å². The van der Waals surface area contributed by atoms with Crippen LogP contribution in [0.2, 0.25) is 0 Å². The van der Waals surface area contributed by atoms with Gasteiger partial charge in [0, 0.05) is 23.4 Å². The van der Waals surface area contributed by atoms with Crippen LogP contribution >= 0.6 is 11.3 Å². The van der Waals surface area contributed by atoms with Gasteiger partial charge < -0.3 is 9.47 Å². The molecule has 2 N–H and O–H groups in total. The second-order valence-electron chi connectivity index (χ2n) is 6.82. The van der Waals surface area contributed by atoms with Crippen LogP contribution in [0.3, 0.4) is 0 Å². The molecule has 0 fully saturated rings. The van der Waals surface area contributed by atoms with Crippen LogP contribution in [0.5, 0.6) is 11.5 Å². The van der Waals surface area contributed by atoms with E-state index in [2.05, 4.69) is 15.8 Å². The van der Waals surface area contributed by atoms with Crippen LogP contribution in [0.1, 0.15) is 27.2 Å². The lowest BCUT2D eigenvalue weighted by Crippen LogP contribution is -2.42. The Morgan fingerprint density at radius 2 is 1.93 bits per heavy atom. The maximum Gasteiger partial charge on any atom is 0.269 e. The summed E-state index contributed by atoms with van der Waals surface area (Å²) in [5.74, 6) is 0.159. The predicted octanol–water partition coefficient (Wildman–Crippen LogP) is 1.70.